The molecule has 0 saturated heterocycles. The van der Waals surface area contributed by atoms with Crippen LogP contribution >= 0.6 is 0 Å². The van der Waals surface area contributed by atoms with E-state index in [1.54, 1.807) is 24.5 Å². The summed E-state index contributed by atoms with van der Waals surface area (Å²) >= 11 is 0. The molecule has 2 heterocycles. The maximum absolute atomic E-state index is 13.0. The van der Waals surface area contributed by atoms with Crippen LogP contribution in [-0.2, 0) is 16.0 Å². The van der Waals surface area contributed by atoms with Gasteiger partial charge in [-0.05, 0) is 48.4 Å². The van der Waals surface area contributed by atoms with Crippen molar-refractivity contribution in [2.45, 2.75) is 31.1 Å². The second-order valence-electron chi connectivity index (χ2n) is 6.95. The minimum absolute atomic E-state index is 0.113. The second kappa shape index (κ2) is 10.6. The molecule has 2 aromatic rings. The van der Waals surface area contributed by atoms with Gasteiger partial charge < -0.3 is 20.5 Å². The van der Waals surface area contributed by atoms with Crippen molar-refractivity contribution in [3.63, 3.8) is 0 Å². The summed E-state index contributed by atoms with van der Waals surface area (Å²) in [6, 6.07) is 8.40. The van der Waals surface area contributed by atoms with Crippen molar-refractivity contribution in [1.82, 2.24) is 15.6 Å². The number of hydrogen-bond donors (Lipinski definition) is 3. The van der Waals surface area contributed by atoms with Gasteiger partial charge in [-0.3, -0.25) is 14.6 Å². The Morgan fingerprint density at radius 2 is 1.83 bits per heavy atom. The van der Waals surface area contributed by atoms with Crippen LogP contribution in [0.1, 0.15) is 22.3 Å². The van der Waals surface area contributed by atoms with Crippen LogP contribution in [0.2, 0.25) is 0 Å². The summed E-state index contributed by atoms with van der Waals surface area (Å²) in [5.41, 5.74) is 1.39. The fraction of sp³-hybridized carbons (Fsp3) is 0.318. The monoisotopic (exact) mass is 413 g/mol. The number of ether oxygens (including phenoxy) is 1. The highest BCUT2D eigenvalue weighted by molar-refractivity contribution is 5.94. The molecule has 1 aromatic heterocycles. The lowest BCUT2D eigenvalue weighted by Gasteiger charge is -2.31. The molecule has 0 spiro atoms. The van der Waals surface area contributed by atoms with E-state index in [4.69, 9.17) is 4.74 Å². The molecule has 0 unspecified atom stereocenters. The van der Waals surface area contributed by atoms with Crippen molar-refractivity contribution >= 4 is 11.8 Å². The normalized spacial score (nSPS) is 20.5. The van der Waals surface area contributed by atoms with Gasteiger partial charge in [0.15, 0.2) is 0 Å². The van der Waals surface area contributed by atoms with Gasteiger partial charge in [0, 0.05) is 24.5 Å². The molecule has 1 aromatic carbocycles. The zero-order valence-electron chi connectivity index (χ0n) is 16.3. The number of aliphatic hydroxyl groups excluding tert-OH is 1. The minimum Gasteiger partial charge on any atom is -0.394 e. The van der Waals surface area contributed by atoms with Gasteiger partial charge >= 0.3 is 0 Å². The number of aliphatic hydroxyl groups is 1. The van der Waals surface area contributed by atoms with Crippen LogP contribution in [0.15, 0.2) is 60.9 Å². The number of hydrogen-bond acceptors (Lipinski definition) is 5. The largest absolute Gasteiger partial charge is 0.394 e. The fourth-order valence-corrected chi connectivity index (χ4v) is 3.12. The summed E-state index contributed by atoms with van der Waals surface area (Å²) in [5, 5.41) is 15.2. The van der Waals surface area contributed by atoms with E-state index in [-0.39, 0.29) is 18.9 Å². The number of amides is 2. The number of nitrogens with zero attached hydrogens (tertiary/aromatic N) is 1. The van der Waals surface area contributed by atoms with Crippen LogP contribution in [0.4, 0.5) is 4.39 Å². The summed E-state index contributed by atoms with van der Waals surface area (Å²) in [6.45, 7) is 0.179. The highest BCUT2D eigenvalue weighted by Crippen LogP contribution is 2.16. The van der Waals surface area contributed by atoms with Crippen molar-refractivity contribution in [3.05, 3.63) is 77.9 Å². The smallest absolute Gasteiger partial charge is 0.251 e. The molecule has 0 aliphatic carbocycles. The molecule has 1 aliphatic heterocycles. The molecule has 30 heavy (non-hydrogen) atoms. The Morgan fingerprint density at radius 3 is 2.53 bits per heavy atom. The van der Waals surface area contributed by atoms with E-state index in [9.17, 15) is 19.1 Å². The van der Waals surface area contributed by atoms with Gasteiger partial charge in [-0.2, -0.15) is 0 Å². The third kappa shape index (κ3) is 6.20. The van der Waals surface area contributed by atoms with E-state index in [0.717, 1.165) is 5.56 Å². The molecule has 3 atom stereocenters. The summed E-state index contributed by atoms with van der Waals surface area (Å²) in [5.74, 6) is -0.995. The Labute approximate surface area is 174 Å². The Bertz CT molecular complexity index is 874. The Hall–Kier alpha value is -3.10. The van der Waals surface area contributed by atoms with Crippen LogP contribution in [0, 0.1) is 5.82 Å². The van der Waals surface area contributed by atoms with E-state index in [2.05, 4.69) is 15.6 Å². The van der Waals surface area contributed by atoms with Crippen molar-refractivity contribution in [3.8, 4) is 0 Å². The number of carbonyl (C=O) groups excluding carboxylic acids is 2. The molecule has 0 saturated carbocycles. The van der Waals surface area contributed by atoms with Crippen LogP contribution in [0.5, 0.6) is 0 Å². The second-order valence-corrected chi connectivity index (χ2v) is 6.95. The summed E-state index contributed by atoms with van der Waals surface area (Å²) in [4.78, 5) is 28.4. The van der Waals surface area contributed by atoms with Crippen LogP contribution in [0.25, 0.3) is 0 Å². The summed E-state index contributed by atoms with van der Waals surface area (Å²) in [6.07, 6.45) is 6.45. The van der Waals surface area contributed by atoms with E-state index in [1.807, 2.05) is 12.1 Å². The summed E-state index contributed by atoms with van der Waals surface area (Å²) < 4.78 is 18.8. The predicted molar refractivity (Wildman–Crippen MR) is 108 cm³/mol. The maximum atomic E-state index is 13.0. The van der Waals surface area contributed by atoms with E-state index in [1.165, 1.54) is 24.3 Å². The van der Waals surface area contributed by atoms with Crippen molar-refractivity contribution in [2.24, 2.45) is 0 Å². The van der Waals surface area contributed by atoms with Crippen LogP contribution < -0.4 is 10.6 Å². The quantitative estimate of drug-likeness (QED) is 0.568. The lowest BCUT2D eigenvalue weighted by molar-refractivity contribution is -0.125. The molecule has 8 heteroatoms. The molecule has 3 N–H and O–H groups in total. The third-order valence-electron chi connectivity index (χ3n) is 4.74. The average molecular weight is 413 g/mol. The Kier molecular flexibility index (Phi) is 7.64. The highest BCUT2D eigenvalue weighted by atomic mass is 19.1. The molecule has 2 amide bonds. The van der Waals surface area contributed by atoms with Crippen molar-refractivity contribution < 1.29 is 23.8 Å². The lowest BCUT2D eigenvalue weighted by atomic mass is 10.0. The van der Waals surface area contributed by atoms with Gasteiger partial charge in [-0.15, -0.1) is 0 Å². The van der Waals surface area contributed by atoms with Crippen molar-refractivity contribution in [1.29, 1.82) is 0 Å². The Balaban J connectivity index is 1.48. The number of rotatable bonds is 8. The number of carbonyl (C=O) groups is 2. The molecule has 0 radical (unpaired) electrons. The Morgan fingerprint density at radius 1 is 1.10 bits per heavy atom. The van der Waals surface area contributed by atoms with Gasteiger partial charge in [0.2, 0.25) is 5.91 Å². The van der Waals surface area contributed by atoms with E-state index in [0.29, 0.717) is 18.5 Å². The SMILES string of the molecule is O=C(C[C@@H]1C=C[C@H](NC(=O)c2ccc(F)cc2)[C@H](CO)O1)NCCc1ccncc1. The highest BCUT2D eigenvalue weighted by Gasteiger charge is 2.29. The van der Waals surface area contributed by atoms with E-state index >= 15 is 0 Å². The molecular weight excluding hydrogens is 389 g/mol. The average Bonchev–Trinajstić information content (AvgIpc) is 2.76. The number of halogens is 1. The molecule has 0 bridgehead atoms. The number of aromatic nitrogens is 1. The molecule has 158 valence electrons. The minimum atomic E-state index is -0.686. The van der Waals surface area contributed by atoms with Crippen LogP contribution in [0.3, 0.4) is 0 Å². The maximum Gasteiger partial charge on any atom is 0.251 e. The molecular formula is C22H24FN3O4. The third-order valence-corrected chi connectivity index (χ3v) is 4.74. The summed E-state index contributed by atoms with van der Waals surface area (Å²) in [7, 11) is 0. The first kappa shape index (κ1) is 21.6. The van der Waals surface area contributed by atoms with Gasteiger partial charge in [0.25, 0.3) is 5.91 Å². The molecule has 3 rings (SSSR count). The van der Waals surface area contributed by atoms with Gasteiger partial charge in [-0.1, -0.05) is 12.2 Å². The van der Waals surface area contributed by atoms with Gasteiger partial charge in [-0.25, -0.2) is 4.39 Å². The van der Waals surface area contributed by atoms with Gasteiger partial charge in [0.1, 0.15) is 11.9 Å². The number of pyridine rings is 1. The number of nitrogens with one attached hydrogen (secondary N) is 2. The topological polar surface area (TPSA) is 101 Å². The predicted octanol–water partition coefficient (Wildman–Crippen LogP) is 1.38. The first-order valence-corrected chi connectivity index (χ1v) is 9.72. The molecule has 7 nitrogen and oxygen atoms in total. The van der Waals surface area contributed by atoms with Crippen LogP contribution in [-0.4, -0.2) is 53.3 Å². The molecule has 1 aliphatic rings. The molecule has 0 fully saturated rings. The fourth-order valence-electron chi connectivity index (χ4n) is 3.12. The number of benzene rings is 1. The van der Waals surface area contributed by atoms with E-state index < -0.39 is 30.0 Å². The standard InChI is InChI=1S/C22H24FN3O4/c23-17-3-1-16(2-4-17)22(29)26-19-6-5-18(30-20(19)14-27)13-21(28)25-12-9-15-7-10-24-11-8-15/h1-8,10-11,18-20,27H,9,12-14H2,(H,25,28)(H,26,29)/t18-,19-,20-/m0/s1. The lowest BCUT2D eigenvalue weighted by Crippen LogP contribution is -2.49. The van der Waals surface area contributed by atoms with Crippen molar-refractivity contribution in [2.75, 3.05) is 13.2 Å². The zero-order chi connectivity index (χ0) is 21.3. The first-order chi connectivity index (χ1) is 14.5. The zero-order valence-corrected chi connectivity index (χ0v) is 16.3. The van der Waals surface area contributed by atoms with Gasteiger partial charge in [0.05, 0.1) is 25.2 Å². The first-order valence-electron chi connectivity index (χ1n) is 9.72.